The van der Waals surface area contributed by atoms with Crippen LogP contribution in [0, 0.1) is 6.92 Å². The van der Waals surface area contributed by atoms with Gasteiger partial charge in [0.15, 0.2) is 6.61 Å². The maximum Gasteiger partial charge on any atom is 0.278 e. The molecule has 7 nitrogen and oxygen atoms in total. The summed E-state index contributed by atoms with van der Waals surface area (Å²) in [6.07, 6.45) is 3.21. The van der Waals surface area contributed by atoms with Crippen LogP contribution in [0.4, 0.5) is 14.6 Å². The Morgan fingerprint density at radius 1 is 1.25 bits per heavy atom. The van der Waals surface area contributed by atoms with Gasteiger partial charge in [0.05, 0.1) is 0 Å². The Balaban J connectivity index is 1.97. The second-order valence-corrected chi connectivity index (χ2v) is 6.32. The fourth-order valence-corrected chi connectivity index (χ4v) is 2.17. The number of hydrogen-bond acceptors (Lipinski definition) is 5. The molecular formula is C19H22F2N4O3. The Kier molecular flexibility index (Phi) is 6.97. The molecule has 0 atom stereocenters. The monoisotopic (exact) mass is 392 g/mol. The lowest BCUT2D eigenvalue weighted by Gasteiger charge is -2.13. The maximum atomic E-state index is 12.8. The highest BCUT2D eigenvalue weighted by atomic mass is 19.3. The molecule has 0 aliphatic heterocycles. The van der Waals surface area contributed by atoms with Gasteiger partial charge in [-0.2, -0.15) is 0 Å². The van der Waals surface area contributed by atoms with E-state index in [9.17, 15) is 18.4 Å². The van der Waals surface area contributed by atoms with E-state index < -0.39 is 12.5 Å². The molecule has 0 spiro atoms. The normalized spacial score (nSPS) is 11.0. The summed E-state index contributed by atoms with van der Waals surface area (Å²) in [6, 6.07) is 4.55. The standard InChI is InChI=1S/C19H22F2N4O3/c1-4-16(26)25-15-8-13(5-6-22-15)18(27)24-10-14-9-23-17(7-12(14)2)28-11-19(3,20)21/h5-9H,4,10-11H2,1-3H3,(H,24,27)(H,22,25,26). The van der Waals surface area contributed by atoms with Gasteiger partial charge < -0.3 is 15.4 Å². The van der Waals surface area contributed by atoms with E-state index in [1.807, 2.05) is 0 Å². The lowest BCUT2D eigenvalue weighted by Crippen LogP contribution is -2.24. The number of halogens is 2. The summed E-state index contributed by atoms with van der Waals surface area (Å²) in [5, 5.41) is 5.34. The lowest BCUT2D eigenvalue weighted by atomic mass is 10.1. The van der Waals surface area contributed by atoms with Gasteiger partial charge in [0.25, 0.3) is 11.8 Å². The van der Waals surface area contributed by atoms with Crippen molar-refractivity contribution in [3.63, 3.8) is 0 Å². The van der Waals surface area contributed by atoms with Crippen LogP contribution in [0.2, 0.25) is 0 Å². The first-order valence-corrected chi connectivity index (χ1v) is 8.68. The fourth-order valence-electron chi connectivity index (χ4n) is 2.17. The van der Waals surface area contributed by atoms with Crippen molar-refractivity contribution in [3.05, 3.63) is 47.3 Å². The van der Waals surface area contributed by atoms with Crippen LogP contribution in [-0.4, -0.2) is 34.3 Å². The van der Waals surface area contributed by atoms with E-state index in [4.69, 9.17) is 4.74 Å². The Morgan fingerprint density at radius 3 is 2.64 bits per heavy atom. The molecule has 0 aromatic carbocycles. The molecule has 0 aliphatic rings. The van der Waals surface area contributed by atoms with Gasteiger partial charge in [0.2, 0.25) is 11.8 Å². The first-order chi connectivity index (χ1) is 13.2. The molecule has 2 heterocycles. The number of nitrogens with zero attached hydrogens (tertiary/aromatic N) is 2. The molecular weight excluding hydrogens is 370 g/mol. The fraction of sp³-hybridized carbons (Fsp3) is 0.368. The van der Waals surface area contributed by atoms with E-state index in [0.717, 1.165) is 18.1 Å². The van der Waals surface area contributed by atoms with E-state index in [1.54, 1.807) is 13.8 Å². The predicted molar refractivity (Wildman–Crippen MR) is 99.4 cm³/mol. The maximum absolute atomic E-state index is 12.8. The SMILES string of the molecule is CCC(=O)Nc1cc(C(=O)NCc2cnc(OCC(C)(F)F)cc2C)ccn1. The third-order valence-corrected chi connectivity index (χ3v) is 3.72. The number of alkyl halides is 2. The van der Waals surface area contributed by atoms with Crippen LogP contribution >= 0.6 is 0 Å². The van der Waals surface area contributed by atoms with E-state index in [-0.39, 0.29) is 24.2 Å². The van der Waals surface area contributed by atoms with Crippen molar-refractivity contribution in [2.24, 2.45) is 0 Å². The Bertz CT molecular complexity index is 853. The van der Waals surface area contributed by atoms with Crippen molar-refractivity contribution in [2.45, 2.75) is 39.7 Å². The smallest absolute Gasteiger partial charge is 0.278 e. The number of ether oxygens (including phenoxy) is 1. The number of rotatable bonds is 8. The van der Waals surface area contributed by atoms with Crippen LogP contribution in [0.1, 0.15) is 41.8 Å². The zero-order valence-electron chi connectivity index (χ0n) is 15.9. The van der Waals surface area contributed by atoms with Crippen molar-refractivity contribution in [3.8, 4) is 5.88 Å². The molecule has 0 unspecified atom stereocenters. The van der Waals surface area contributed by atoms with Crippen LogP contribution < -0.4 is 15.4 Å². The first-order valence-electron chi connectivity index (χ1n) is 8.68. The molecule has 0 aliphatic carbocycles. The van der Waals surface area contributed by atoms with E-state index >= 15 is 0 Å². The third-order valence-electron chi connectivity index (χ3n) is 3.72. The molecule has 0 saturated heterocycles. The van der Waals surface area contributed by atoms with Crippen LogP contribution in [-0.2, 0) is 11.3 Å². The highest BCUT2D eigenvalue weighted by Crippen LogP contribution is 2.18. The molecule has 2 rings (SSSR count). The van der Waals surface area contributed by atoms with Crippen molar-refractivity contribution < 1.29 is 23.1 Å². The van der Waals surface area contributed by atoms with Gasteiger partial charge in [0.1, 0.15) is 5.82 Å². The summed E-state index contributed by atoms with van der Waals surface area (Å²) in [5.74, 6) is -3.09. The van der Waals surface area contributed by atoms with Gasteiger partial charge in [-0.3, -0.25) is 9.59 Å². The number of carbonyl (C=O) groups is 2. The van der Waals surface area contributed by atoms with Crippen LogP contribution in [0.5, 0.6) is 5.88 Å². The molecule has 0 saturated carbocycles. The second-order valence-electron chi connectivity index (χ2n) is 6.32. The van der Waals surface area contributed by atoms with Crippen molar-refractivity contribution in [1.82, 2.24) is 15.3 Å². The number of pyridine rings is 2. The molecule has 2 aromatic rings. The van der Waals surface area contributed by atoms with Gasteiger partial charge in [-0.1, -0.05) is 6.92 Å². The lowest BCUT2D eigenvalue weighted by molar-refractivity contribution is -0.115. The summed E-state index contributed by atoms with van der Waals surface area (Å²) >= 11 is 0. The first kappa shape index (κ1) is 21.2. The topological polar surface area (TPSA) is 93.2 Å². The zero-order valence-corrected chi connectivity index (χ0v) is 15.9. The molecule has 9 heteroatoms. The van der Waals surface area contributed by atoms with Gasteiger partial charge in [-0.15, -0.1) is 0 Å². The van der Waals surface area contributed by atoms with Gasteiger partial charge >= 0.3 is 0 Å². The number of aryl methyl sites for hydroxylation is 1. The molecule has 150 valence electrons. The van der Waals surface area contributed by atoms with Crippen LogP contribution in [0.25, 0.3) is 0 Å². The Morgan fingerprint density at radius 2 is 2.00 bits per heavy atom. The number of anilines is 1. The van der Waals surface area contributed by atoms with Gasteiger partial charge in [0, 0.05) is 43.9 Å². The minimum absolute atomic E-state index is 0.0968. The Labute approximate surface area is 161 Å². The summed E-state index contributed by atoms with van der Waals surface area (Å²) < 4.78 is 30.7. The average molecular weight is 392 g/mol. The number of hydrogen-bond donors (Lipinski definition) is 2. The van der Waals surface area contributed by atoms with Crippen LogP contribution in [0.15, 0.2) is 30.6 Å². The largest absolute Gasteiger partial charge is 0.471 e. The van der Waals surface area contributed by atoms with E-state index in [0.29, 0.717) is 17.8 Å². The van der Waals surface area contributed by atoms with Gasteiger partial charge in [-0.25, -0.2) is 18.7 Å². The summed E-state index contributed by atoms with van der Waals surface area (Å²) in [6.45, 7) is 3.69. The molecule has 2 N–H and O–H groups in total. The third kappa shape index (κ3) is 6.57. The number of amides is 2. The van der Waals surface area contributed by atoms with Crippen molar-refractivity contribution in [1.29, 1.82) is 0 Å². The zero-order chi connectivity index (χ0) is 20.7. The van der Waals surface area contributed by atoms with Gasteiger partial charge in [-0.05, 0) is 30.2 Å². The average Bonchev–Trinajstić information content (AvgIpc) is 2.65. The quantitative estimate of drug-likeness (QED) is 0.720. The second kappa shape index (κ2) is 9.20. The summed E-state index contributed by atoms with van der Waals surface area (Å²) in [5.41, 5.74) is 1.81. The molecule has 0 bridgehead atoms. The number of nitrogens with one attached hydrogen (secondary N) is 2. The van der Waals surface area contributed by atoms with Crippen LogP contribution in [0.3, 0.4) is 0 Å². The Hall–Kier alpha value is -3.10. The summed E-state index contributed by atoms with van der Waals surface area (Å²) in [4.78, 5) is 31.7. The molecule has 28 heavy (non-hydrogen) atoms. The highest BCUT2D eigenvalue weighted by molar-refractivity contribution is 5.96. The molecule has 0 fully saturated rings. The minimum atomic E-state index is -2.94. The number of aromatic nitrogens is 2. The number of carbonyl (C=O) groups excluding carboxylic acids is 2. The summed E-state index contributed by atoms with van der Waals surface area (Å²) in [7, 11) is 0. The molecule has 2 aromatic heterocycles. The minimum Gasteiger partial charge on any atom is -0.471 e. The predicted octanol–water partition coefficient (Wildman–Crippen LogP) is 3.10. The molecule has 2 amide bonds. The highest BCUT2D eigenvalue weighted by Gasteiger charge is 2.22. The van der Waals surface area contributed by atoms with Crippen molar-refractivity contribution >= 4 is 17.6 Å². The van der Waals surface area contributed by atoms with E-state index in [1.165, 1.54) is 30.6 Å². The van der Waals surface area contributed by atoms with E-state index in [2.05, 4.69) is 20.6 Å². The molecule has 0 radical (unpaired) electrons. The van der Waals surface area contributed by atoms with Crippen molar-refractivity contribution in [2.75, 3.05) is 11.9 Å².